The van der Waals surface area contributed by atoms with Gasteiger partial charge in [-0.25, -0.2) is 0 Å². The summed E-state index contributed by atoms with van der Waals surface area (Å²) in [6, 6.07) is -0.502. The molecule has 0 aliphatic heterocycles. The maximum absolute atomic E-state index is 13.1. The zero-order valence-electron chi connectivity index (χ0n) is 27.7. The molecule has 0 aromatic carbocycles. The van der Waals surface area contributed by atoms with E-state index in [0.29, 0.717) is 38.3 Å². The summed E-state index contributed by atoms with van der Waals surface area (Å²) in [6.45, 7) is 16.6. The van der Waals surface area contributed by atoms with Crippen LogP contribution in [0.15, 0.2) is 46.1 Å². The second-order valence-electron chi connectivity index (χ2n) is 13.1. The Labute approximate surface area is 256 Å². The van der Waals surface area contributed by atoms with Crippen LogP contribution in [-0.2, 0) is 14.4 Å². The van der Waals surface area contributed by atoms with Crippen molar-refractivity contribution >= 4 is 17.7 Å². The molecule has 0 bridgehead atoms. The second-order valence-corrected chi connectivity index (χ2v) is 13.1. The molecule has 236 valence electrons. The van der Waals surface area contributed by atoms with Gasteiger partial charge in [-0.15, -0.1) is 0 Å². The maximum Gasteiger partial charge on any atom is 0.242 e. The molecule has 0 saturated carbocycles. The second kappa shape index (κ2) is 18.1. The maximum atomic E-state index is 13.1. The van der Waals surface area contributed by atoms with Gasteiger partial charge in [0.25, 0.3) is 0 Å². The van der Waals surface area contributed by atoms with Crippen LogP contribution in [0.5, 0.6) is 0 Å². The molecule has 3 N–H and O–H groups in total. The summed E-state index contributed by atoms with van der Waals surface area (Å²) in [7, 11) is 0. The van der Waals surface area contributed by atoms with Crippen LogP contribution in [0.3, 0.4) is 0 Å². The van der Waals surface area contributed by atoms with Crippen molar-refractivity contribution in [2.24, 2.45) is 11.3 Å². The first-order valence-electron chi connectivity index (χ1n) is 16.5. The number of carbonyl (C=O) groups is 3. The zero-order valence-corrected chi connectivity index (χ0v) is 27.7. The van der Waals surface area contributed by atoms with Crippen LogP contribution in [0.2, 0.25) is 0 Å². The first-order valence-corrected chi connectivity index (χ1v) is 16.5. The van der Waals surface area contributed by atoms with Crippen molar-refractivity contribution in [3.05, 3.63) is 46.1 Å². The van der Waals surface area contributed by atoms with Gasteiger partial charge < -0.3 is 16.0 Å². The average molecular weight is 582 g/mol. The van der Waals surface area contributed by atoms with E-state index in [-0.39, 0.29) is 23.1 Å². The highest BCUT2D eigenvalue weighted by Gasteiger charge is 2.36. The average Bonchev–Trinajstić information content (AvgIpc) is 3.11. The Bertz CT molecular complexity index is 1020. The third-order valence-corrected chi connectivity index (χ3v) is 9.62. The fourth-order valence-electron chi connectivity index (χ4n) is 6.08. The Kier molecular flexibility index (Phi) is 15.3. The van der Waals surface area contributed by atoms with Crippen molar-refractivity contribution < 1.29 is 14.4 Å². The number of allylic oxidation sites excluding steroid dienone is 7. The van der Waals surface area contributed by atoms with Gasteiger partial charge in [-0.1, -0.05) is 81.4 Å². The van der Waals surface area contributed by atoms with Gasteiger partial charge in [0.05, 0.1) is 0 Å². The first kappa shape index (κ1) is 35.6. The first-order chi connectivity index (χ1) is 20.0. The van der Waals surface area contributed by atoms with Gasteiger partial charge in [0.1, 0.15) is 6.04 Å². The molecule has 42 heavy (non-hydrogen) atoms. The Morgan fingerprint density at radius 1 is 0.833 bits per heavy atom. The number of amides is 3. The van der Waals surface area contributed by atoms with Crippen molar-refractivity contribution in [2.45, 2.75) is 138 Å². The van der Waals surface area contributed by atoms with Crippen LogP contribution in [0, 0.1) is 11.3 Å². The number of carbonyl (C=O) groups excluding carboxylic acids is 3. The molecule has 0 saturated heterocycles. The molecular weight excluding hydrogens is 522 g/mol. The summed E-state index contributed by atoms with van der Waals surface area (Å²) in [6.07, 6.45) is 17.4. The molecule has 2 rings (SSSR count). The highest BCUT2D eigenvalue weighted by molar-refractivity contribution is 5.87. The standard InChI is InChI=1S/C36H59N3O3/c1-26(2)16-13-14-19-32(39-34(41)21-23-36(7)29(5)27(3)28(4)30(36)6)35(42)38-24-15-9-12-20-33(40)37-25-22-31-17-10-8-11-18-31/h8,10,17,26,32H,9,11-16,18-25H2,1-7H3,(H,37,40)(H,38,42)(H,39,41)/t32-/m0/s1. The monoisotopic (exact) mass is 581 g/mol. The van der Waals surface area contributed by atoms with Crippen LogP contribution in [0.1, 0.15) is 132 Å². The number of hydrogen-bond acceptors (Lipinski definition) is 3. The molecule has 2 aliphatic rings. The summed E-state index contributed by atoms with van der Waals surface area (Å²) in [4.78, 5) is 38.3. The minimum atomic E-state index is -0.502. The van der Waals surface area contributed by atoms with Crippen LogP contribution < -0.4 is 16.0 Å². The molecule has 0 fully saturated rings. The normalized spacial score (nSPS) is 17.0. The van der Waals surface area contributed by atoms with E-state index in [1.165, 1.54) is 27.9 Å². The lowest BCUT2D eigenvalue weighted by molar-refractivity contribution is -0.129. The van der Waals surface area contributed by atoms with E-state index in [2.05, 4.69) is 82.6 Å². The van der Waals surface area contributed by atoms with E-state index >= 15 is 0 Å². The van der Waals surface area contributed by atoms with Gasteiger partial charge in [0, 0.05) is 31.3 Å². The van der Waals surface area contributed by atoms with Gasteiger partial charge in [0.2, 0.25) is 17.7 Å². The molecule has 0 heterocycles. The lowest BCUT2D eigenvalue weighted by Gasteiger charge is -2.29. The summed E-state index contributed by atoms with van der Waals surface area (Å²) in [5, 5.41) is 9.13. The Hall–Kier alpha value is -2.63. The predicted molar refractivity (Wildman–Crippen MR) is 175 cm³/mol. The van der Waals surface area contributed by atoms with Gasteiger partial charge in [-0.2, -0.15) is 0 Å². The molecule has 1 atom stereocenters. The van der Waals surface area contributed by atoms with Crippen LogP contribution in [0.4, 0.5) is 0 Å². The molecule has 2 aliphatic carbocycles. The van der Waals surface area contributed by atoms with Crippen molar-refractivity contribution in [1.29, 1.82) is 0 Å². The molecule has 0 unspecified atom stereocenters. The molecule has 0 radical (unpaired) electrons. The quantitative estimate of drug-likeness (QED) is 0.137. The van der Waals surface area contributed by atoms with E-state index < -0.39 is 6.04 Å². The highest BCUT2D eigenvalue weighted by Crippen LogP contribution is 2.49. The van der Waals surface area contributed by atoms with Crippen LogP contribution >= 0.6 is 0 Å². The summed E-state index contributed by atoms with van der Waals surface area (Å²) in [5.41, 5.74) is 6.67. The summed E-state index contributed by atoms with van der Waals surface area (Å²) in [5.74, 6) is 0.587. The smallest absolute Gasteiger partial charge is 0.242 e. The Morgan fingerprint density at radius 2 is 1.52 bits per heavy atom. The number of nitrogens with one attached hydrogen (secondary N) is 3. The van der Waals surface area contributed by atoms with E-state index in [1.54, 1.807) is 0 Å². The third kappa shape index (κ3) is 11.6. The Morgan fingerprint density at radius 3 is 2.17 bits per heavy atom. The van der Waals surface area contributed by atoms with Gasteiger partial charge >= 0.3 is 0 Å². The third-order valence-electron chi connectivity index (χ3n) is 9.62. The SMILES string of the molecule is CC1=C(C)C(C)(CCC(=O)N[C@@H](CCCCC(C)C)C(=O)NCCCCCC(=O)NCCC2=CC=CCC2)C(C)=C1C. The fourth-order valence-corrected chi connectivity index (χ4v) is 6.08. The molecule has 0 spiro atoms. The van der Waals surface area contributed by atoms with E-state index in [1.807, 2.05) is 0 Å². The zero-order chi connectivity index (χ0) is 31.1. The molecular formula is C36H59N3O3. The lowest BCUT2D eigenvalue weighted by Crippen LogP contribution is -2.47. The Balaban J connectivity index is 1.73. The minimum Gasteiger partial charge on any atom is -0.356 e. The highest BCUT2D eigenvalue weighted by atomic mass is 16.2. The van der Waals surface area contributed by atoms with E-state index in [9.17, 15) is 14.4 Å². The van der Waals surface area contributed by atoms with E-state index in [0.717, 1.165) is 64.2 Å². The topological polar surface area (TPSA) is 87.3 Å². The molecule has 6 heteroatoms. The number of unbranched alkanes of at least 4 members (excludes halogenated alkanes) is 3. The van der Waals surface area contributed by atoms with Crippen LogP contribution in [0.25, 0.3) is 0 Å². The predicted octanol–water partition coefficient (Wildman–Crippen LogP) is 7.62. The molecule has 0 aromatic rings. The van der Waals surface area contributed by atoms with E-state index in [4.69, 9.17) is 0 Å². The molecule has 0 aromatic heterocycles. The number of hydrogen-bond donors (Lipinski definition) is 3. The summed E-state index contributed by atoms with van der Waals surface area (Å²) >= 11 is 0. The van der Waals surface area contributed by atoms with Gasteiger partial charge in [-0.05, 0) is 89.7 Å². The number of rotatable bonds is 19. The lowest BCUT2D eigenvalue weighted by atomic mass is 9.75. The summed E-state index contributed by atoms with van der Waals surface area (Å²) < 4.78 is 0. The van der Waals surface area contributed by atoms with Crippen molar-refractivity contribution in [3.63, 3.8) is 0 Å². The molecule has 3 amide bonds. The van der Waals surface area contributed by atoms with Gasteiger partial charge in [-0.3, -0.25) is 14.4 Å². The van der Waals surface area contributed by atoms with Crippen molar-refractivity contribution in [3.8, 4) is 0 Å². The molecule has 6 nitrogen and oxygen atoms in total. The van der Waals surface area contributed by atoms with Crippen LogP contribution in [-0.4, -0.2) is 36.9 Å². The van der Waals surface area contributed by atoms with Crippen molar-refractivity contribution in [1.82, 2.24) is 16.0 Å². The fraction of sp³-hybridized carbons (Fsp3) is 0.694. The minimum absolute atomic E-state index is 0.0507. The van der Waals surface area contributed by atoms with Gasteiger partial charge in [0.15, 0.2) is 0 Å². The van der Waals surface area contributed by atoms with Crippen molar-refractivity contribution in [2.75, 3.05) is 13.1 Å². The largest absolute Gasteiger partial charge is 0.356 e.